The summed E-state index contributed by atoms with van der Waals surface area (Å²) < 4.78 is 6.81. The van der Waals surface area contributed by atoms with Gasteiger partial charge in [0.25, 0.3) is 5.91 Å². The molecule has 1 fully saturated rings. The summed E-state index contributed by atoms with van der Waals surface area (Å²) in [5.74, 6) is -0.229. The quantitative estimate of drug-likeness (QED) is 0.657. The molecule has 2 N–H and O–H groups in total. The Bertz CT molecular complexity index is 947. The molecule has 0 saturated carbocycles. The van der Waals surface area contributed by atoms with Crippen LogP contribution in [0.3, 0.4) is 0 Å². The number of aromatic nitrogens is 2. The lowest BCUT2D eigenvalue weighted by Gasteiger charge is -2.31. The van der Waals surface area contributed by atoms with E-state index in [1.54, 1.807) is 16.2 Å². The van der Waals surface area contributed by atoms with Crippen LogP contribution in [0.25, 0.3) is 5.65 Å². The largest absolute Gasteiger partial charge is 0.450 e. The Kier molecular flexibility index (Phi) is 7.49. The van der Waals surface area contributed by atoms with Crippen LogP contribution in [0.5, 0.6) is 0 Å². The molecular formula is C22H31N5O4. The van der Waals surface area contributed by atoms with E-state index in [1.807, 2.05) is 32.2 Å². The summed E-state index contributed by atoms with van der Waals surface area (Å²) in [4.78, 5) is 42.7. The van der Waals surface area contributed by atoms with Gasteiger partial charge in [0.2, 0.25) is 5.91 Å². The van der Waals surface area contributed by atoms with Crippen LogP contribution in [-0.4, -0.2) is 64.5 Å². The minimum absolute atomic E-state index is 0.0366. The number of amides is 3. The van der Waals surface area contributed by atoms with Crippen molar-refractivity contribution in [2.24, 2.45) is 0 Å². The predicted octanol–water partition coefficient (Wildman–Crippen LogP) is 2.20. The molecule has 2 aromatic heterocycles. The van der Waals surface area contributed by atoms with Crippen molar-refractivity contribution in [1.29, 1.82) is 0 Å². The second-order valence-corrected chi connectivity index (χ2v) is 7.82. The Morgan fingerprint density at radius 2 is 1.97 bits per heavy atom. The second kappa shape index (κ2) is 10.3. The number of piperidine rings is 1. The number of carbonyl (C=O) groups is 3. The van der Waals surface area contributed by atoms with Crippen LogP contribution in [0.1, 0.15) is 54.4 Å². The van der Waals surface area contributed by atoms with E-state index < -0.39 is 0 Å². The van der Waals surface area contributed by atoms with Gasteiger partial charge in [0.05, 0.1) is 12.3 Å². The summed E-state index contributed by atoms with van der Waals surface area (Å²) in [5.41, 5.74) is 2.99. The molecule has 0 atom stereocenters. The van der Waals surface area contributed by atoms with Gasteiger partial charge in [0.1, 0.15) is 11.3 Å². The van der Waals surface area contributed by atoms with Gasteiger partial charge in [-0.05, 0) is 51.7 Å². The van der Waals surface area contributed by atoms with Crippen molar-refractivity contribution < 1.29 is 19.1 Å². The Morgan fingerprint density at radius 1 is 1.23 bits per heavy atom. The summed E-state index contributed by atoms with van der Waals surface area (Å²) in [6.07, 6.45) is 3.86. The predicted molar refractivity (Wildman–Crippen MR) is 116 cm³/mol. The molecule has 9 heteroatoms. The third-order valence-electron chi connectivity index (χ3n) is 5.49. The number of nitrogens with one attached hydrogen (secondary N) is 2. The fourth-order valence-electron chi connectivity index (χ4n) is 3.85. The van der Waals surface area contributed by atoms with E-state index in [0.717, 1.165) is 11.2 Å². The van der Waals surface area contributed by atoms with Gasteiger partial charge in [-0.25, -0.2) is 9.78 Å². The number of carbonyl (C=O) groups excluding carboxylic acids is 3. The monoisotopic (exact) mass is 429 g/mol. The summed E-state index contributed by atoms with van der Waals surface area (Å²) in [6.45, 7) is 7.50. The molecule has 31 heavy (non-hydrogen) atoms. The lowest BCUT2D eigenvalue weighted by molar-refractivity contribution is -0.122. The first kappa shape index (κ1) is 22.6. The fraction of sp³-hybridized carbons (Fsp3) is 0.545. The number of hydrogen-bond acceptors (Lipinski definition) is 5. The summed E-state index contributed by atoms with van der Waals surface area (Å²) in [7, 11) is 0. The van der Waals surface area contributed by atoms with Gasteiger partial charge in [0.15, 0.2) is 0 Å². The average molecular weight is 430 g/mol. The lowest BCUT2D eigenvalue weighted by Crippen LogP contribution is -2.46. The van der Waals surface area contributed by atoms with E-state index in [9.17, 15) is 14.4 Å². The Balaban J connectivity index is 1.39. The smallest absolute Gasteiger partial charge is 0.409 e. The third kappa shape index (κ3) is 5.53. The molecular weight excluding hydrogens is 398 g/mol. The van der Waals surface area contributed by atoms with Crippen LogP contribution >= 0.6 is 0 Å². The zero-order chi connectivity index (χ0) is 22.4. The van der Waals surface area contributed by atoms with E-state index in [-0.39, 0.29) is 23.9 Å². The number of rotatable bonds is 7. The second-order valence-electron chi connectivity index (χ2n) is 7.82. The highest BCUT2D eigenvalue weighted by molar-refractivity contribution is 5.94. The lowest BCUT2D eigenvalue weighted by atomic mass is 10.1. The molecule has 0 radical (unpaired) electrons. The molecule has 0 aromatic carbocycles. The van der Waals surface area contributed by atoms with E-state index in [2.05, 4.69) is 15.6 Å². The molecule has 168 valence electrons. The van der Waals surface area contributed by atoms with Gasteiger partial charge in [0, 0.05) is 38.3 Å². The highest BCUT2D eigenvalue weighted by Gasteiger charge is 2.24. The first-order chi connectivity index (χ1) is 14.9. The van der Waals surface area contributed by atoms with Gasteiger partial charge in [-0.15, -0.1) is 0 Å². The summed E-state index contributed by atoms with van der Waals surface area (Å²) in [6, 6.07) is 3.92. The molecule has 2 aromatic rings. The van der Waals surface area contributed by atoms with Gasteiger partial charge in [-0.3, -0.25) is 14.0 Å². The summed E-state index contributed by atoms with van der Waals surface area (Å²) >= 11 is 0. The standard InChI is InChI=1S/C22H31N5O4/c1-4-31-22(30)26-13-9-17(10-14-26)25-18(28)8-5-11-23-21(29)19-16(3)24-20-15(2)7-6-12-27(19)20/h6-7,12,17H,4-5,8-11,13-14H2,1-3H3,(H,23,29)(H,25,28). The van der Waals surface area contributed by atoms with Crippen LogP contribution < -0.4 is 10.6 Å². The Hall–Kier alpha value is -3.10. The molecule has 9 nitrogen and oxygen atoms in total. The minimum atomic E-state index is -0.292. The molecule has 1 aliphatic heterocycles. The maximum Gasteiger partial charge on any atom is 0.409 e. The Morgan fingerprint density at radius 3 is 2.68 bits per heavy atom. The normalized spacial score (nSPS) is 14.5. The Labute approximate surface area is 182 Å². The first-order valence-electron chi connectivity index (χ1n) is 10.8. The first-order valence-corrected chi connectivity index (χ1v) is 10.8. The van der Waals surface area contributed by atoms with E-state index in [0.29, 0.717) is 63.3 Å². The van der Waals surface area contributed by atoms with E-state index in [4.69, 9.17) is 4.74 Å². The van der Waals surface area contributed by atoms with Gasteiger partial charge in [-0.2, -0.15) is 0 Å². The number of ether oxygens (including phenoxy) is 1. The van der Waals surface area contributed by atoms with Crippen molar-refractivity contribution in [3.63, 3.8) is 0 Å². The molecule has 1 saturated heterocycles. The highest BCUT2D eigenvalue weighted by Crippen LogP contribution is 2.15. The number of nitrogens with zero attached hydrogens (tertiary/aromatic N) is 3. The van der Waals surface area contributed by atoms with Gasteiger partial charge < -0.3 is 20.3 Å². The van der Waals surface area contributed by atoms with Crippen molar-refractivity contribution in [2.45, 2.75) is 52.5 Å². The number of pyridine rings is 1. The number of fused-ring (bicyclic) bond motifs is 1. The van der Waals surface area contributed by atoms with E-state index >= 15 is 0 Å². The highest BCUT2D eigenvalue weighted by atomic mass is 16.6. The topological polar surface area (TPSA) is 105 Å². The summed E-state index contributed by atoms with van der Waals surface area (Å²) in [5, 5.41) is 5.91. The molecule has 3 heterocycles. The van der Waals surface area contributed by atoms with Crippen LogP contribution in [0.4, 0.5) is 4.79 Å². The fourth-order valence-corrected chi connectivity index (χ4v) is 3.85. The van der Waals surface area contributed by atoms with Gasteiger partial charge in [-0.1, -0.05) is 6.07 Å². The molecule has 0 unspecified atom stereocenters. The van der Waals surface area contributed by atoms with Crippen molar-refractivity contribution in [1.82, 2.24) is 24.9 Å². The van der Waals surface area contributed by atoms with Crippen molar-refractivity contribution in [2.75, 3.05) is 26.2 Å². The average Bonchev–Trinajstić information content (AvgIpc) is 3.09. The van der Waals surface area contributed by atoms with Crippen LogP contribution in [0.2, 0.25) is 0 Å². The molecule has 0 bridgehead atoms. The zero-order valence-electron chi connectivity index (χ0n) is 18.4. The van der Waals surface area contributed by atoms with Crippen molar-refractivity contribution in [3.05, 3.63) is 35.3 Å². The maximum absolute atomic E-state index is 12.6. The zero-order valence-corrected chi connectivity index (χ0v) is 18.4. The van der Waals surface area contributed by atoms with Crippen LogP contribution in [0, 0.1) is 13.8 Å². The van der Waals surface area contributed by atoms with Gasteiger partial charge >= 0.3 is 6.09 Å². The van der Waals surface area contributed by atoms with E-state index in [1.165, 1.54) is 0 Å². The number of hydrogen-bond donors (Lipinski definition) is 2. The van der Waals surface area contributed by atoms with Crippen molar-refractivity contribution >= 4 is 23.6 Å². The molecule has 1 aliphatic rings. The third-order valence-corrected chi connectivity index (χ3v) is 5.49. The number of likely N-dealkylation sites (tertiary alicyclic amines) is 1. The van der Waals surface area contributed by atoms with Crippen molar-refractivity contribution in [3.8, 4) is 0 Å². The molecule has 3 amide bonds. The van der Waals surface area contributed by atoms with Crippen LogP contribution in [0.15, 0.2) is 18.3 Å². The molecule has 0 spiro atoms. The number of aryl methyl sites for hydroxylation is 2. The number of imidazole rings is 1. The minimum Gasteiger partial charge on any atom is -0.450 e. The van der Waals surface area contributed by atoms with Crippen LogP contribution in [-0.2, 0) is 9.53 Å². The molecule has 0 aliphatic carbocycles. The maximum atomic E-state index is 12.6. The SMILES string of the molecule is CCOC(=O)N1CCC(NC(=O)CCCNC(=O)c2c(C)nc3c(C)cccn23)CC1. The molecule has 3 rings (SSSR count).